The summed E-state index contributed by atoms with van der Waals surface area (Å²) < 4.78 is -0.595. The molecule has 2 nitrogen and oxygen atoms in total. The van der Waals surface area contributed by atoms with Crippen molar-refractivity contribution in [3.63, 3.8) is 0 Å². The van der Waals surface area contributed by atoms with Crippen molar-refractivity contribution in [2.45, 2.75) is 31.4 Å². The van der Waals surface area contributed by atoms with Gasteiger partial charge in [0.15, 0.2) is 0 Å². The maximum atomic E-state index is 10.6. The number of aliphatic carboxylic acids is 1. The van der Waals surface area contributed by atoms with E-state index in [0.717, 1.165) is 11.7 Å². The molecule has 3 heteroatoms. The lowest BCUT2D eigenvalue weighted by atomic mass is 10.2. The molecular weight excluding hydrogens is 160 g/mol. The first kappa shape index (κ1) is 8.91. The van der Waals surface area contributed by atoms with Crippen molar-refractivity contribution < 1.29 is 9.90 Å². The quantitative estimate of drug-likeness (QED) is 0.708. The second-order valence-electron chi connectivity index (χ2n) is 3.57. The first-order chi connectivity index (χ1) is 5.02. The van der Waals surface area contributed by atoms with Crippen molar-refractivity contribution in [1.82, 2.24) is 0 Å². The molecule has 0 aromatic heterocycles. The van der Waals surface area contributed by atoms with Crippen molar-refractivity contribution in [2.75, 3.05) is 5.75 Å². The van der Waals surface area contributed by atoms with E-state index in [1.54, 1.807) is 25.6 Å². The second-order valence-corrected chi connectivity index (χ2v) is 5.21. The number of thioether (sulfide) groups is 1. The number of carboxylic acids is 1. The molecule has 64 valence electrons. The lowest BCUT2D eigenvalue weighted by Gasteiger charge is -2.17. The summed E-state index contributed by atoms with van der Waals surface area (Å²) in [4.78, 5) is 10.6. The fourth-order valence-electron chi connectivity index (χ4n) is 0.672. The Kier molecular flexibility index (Phi) is 2.47. The number of hydrogen-bond donors (Lipinski definition) is 1. The Morgan fingerprint density at radius 2 is 2.18 bits per heavy atom. The van der Waals surface area contributed by atoms with E-state index in [1.807, 2.05) is 0 Å². The molecule has 1 N–H and O–H groups in total. The van der Waals surface area contributed by atoms with E-state index in [1.165, 1.54) is 12.8 Å². The molecule has 0 unspecified atom stereocenters. The summed E-state index contributed by atoms with van der Waals surface area (Å²) >= 11 is 1.56. The lowest BCUT2D eigenvalue weighted by Crippen LogP contribution is -2.27. The standard InChI is InChI=1S/C8H14O2S/c1-8(2,7(9)10)11-5-6-3-4-6/h6H,3-5H2,1-2H3,(H,9,10). The van der Waals surface area contributed by atoms with Crippen molar-refractivity contribution >= 4 is 17.7 Å². The summed E-state index contributed by atoms with van der Waals surface area (Å²) in [6.45, 7) is 3.53. The highest BCUT2D eigenvalue weighted by molar-refractivity contribution is 8.01. The van der Waals surface area contributed by atoms with Gasteiger partial charge in [-0.25, -0.2) is 0 Å². The SMILES string of the molecule is CC(C)(SCC1CC1)C(=O)O. The molecule has 0 amide bonds. The zero-order valence-electron chi connectivity index (χ0n) is 6.96. The van der Waals surface area contributed by atoms with Crippen LogP contribution in [0.5, 0.6) is 0 Å². The predicted octanol–water partition coefficient (Wildman–Crippen LogP) is 1.99. The van der Waals surface area contributed by atoms with Gasteiger partial charge in [0.2, 0.25) is 0 Å². The van der Waals surface area contributed by atoms with Gasteiger partial charge in [-0.1, -0.05) is 0 Å². The molecule has 1 saturated carbocycles. The Hall–Kier alpha value is -0.180. The molecule has 1 rings (SSSR count). The van der Waals surface area contributed by atoms with Crippen molar-refractivity contribution in [3.8, 4) is 0 Å². The van der Waals surface area contributed by atoms with Crippen LogP contribution in [0.2, 0.25) is 0 Å². The summed E-state index contributed by atoms with van der Waals surface area (Å²) in [7, 11) is 0. The maximum absolute atomic E-state index is 10.6. The highest BCUT2D eigenvalue weighted by Crippen LogP contribution is 2.36. The monoisotopic (exact) mass is 174 g/mol. The molecule has 1 aliphatic carbocycles. The molecule has 0 atom stereocenters. The molecule has 0 saturated heterocycles. The predicted molar refractivity (Wildman–Crippen MR) is 46.9 cm³/mol. The highest BCUT2D eigenvalue weighted by Gasteiger charge is 2.31. The molecular formula is C8H14O2S. The Balaban J connectivity index is 2.26. The van der Waals surface area contributed by atoms with Crippen LogP contribution in [0.1, 0.15) is 26.7 Å². The van der Waals surface area contributed by atoms with Crippen molar-refractivity contribution in [1.29, 1.82) is 0 Å². The van der Waals surface area contributed by atoms with E-state index in [2.05, 4.69) is 0 Å². The first-order valence-corrected chi connectivity index (χ1v) is 4.88. The molecule has 0 spiro atoms. The van der Waals surface area contributed by atoms with Gasteiger partial charge in [0.1, 0.15) is 4.75 Å². The molecule has 1 fully saturated rings. The summed E-state index contributed by atoms with van der Waals surface area (Å²) in [5.74, 6) is 1.11. The molecule has 0 aromatic rings. The fourth-order valence-corrected chi connectivity index (χ4v) is 1.78. The van der Waals surface area contributed by atoms with Gasteiger partial charge in [0.25, 0.3) is 0 Å². The molecule has 11 heavy (non-hydrogen) atoms. The summed E-state index contributed by atoms with van der Waals surface area (Å²) in [5, 5.41) is 8.75. The third-order valence-electron chi connectivity index (χ3n) is 1.89. The van der Waals surface area contributed by atoms with Gasteiger partial charge >= 0.3 is 5.97 Å². The minimum atomic E-state index is -0.705. The Labute approximate surface area is 71.4 Å². The van der Waals surface area contributed by atoms with Crippen LogP contribution >= 0.6 is 11.8 Å². The van der Waals surface area contributed by atoms with Gasteiger partial charge in [-0.05, 0) is 38.4 Å². The van der Waals surface area contributed by atoms with Crippen LogP contribution in [0.3, 0.4) is 0 Å². The van der Waals surface area contributed by atoms with Gasteiger partial charge in [-0.15, -0.1) is 11.8 Å². The zero-order chi connectivity index (χ0) is 8.48. The van der Waals surface area contributed by atoms with E-state index >= 15 is 0 Å². The average Bonchev–Trinajstić information content (AvgIpc) is 2.65. The third kappa shape index (κ3) is 2.73. The molecule has 0 aliphatic heterocycles. The van der Waals surface area contributed by atoms with Crippen LogP contribution in [0.25, 0.3) is 0 Å². The minimum Gasteiger partial charge on any atom is -0.480 e. The Morgan fingerprint density at radius 1 is 1.64 bits per heavy atom. The highest BCUT2D eigenvalue weighted by atomic mass is 32.2. The average molecular weight is 174 g/mol. The molecule has 0 bridgehead atoms. The van der Waals surface area contributed by atoms with E-state index < -0.39 is 10.7 Å². The Morgan fingerprint density at radius 3 is 2.55 bits per heavy atom. The third-order valence-corrected chi connectivity index (χ3v) is 3.43. The minimum absolute atomic E-state index is 0.595. The second kappa shape index (κ2) is 3.05. The molecule has 0 radical (unpaired) electrons. The van der Waals surface area contributed by atoms with Crippen LogP contribution in [-0.4, -0.2) is 21.6 Å². The molecule has 0 heterocycles. The first-order valence-electron chi connectivity index (χ1n) is 3.90. The summed E-state index contributed by atoms with van der Waals surface area (Å²) in [5.41, 5.74) is 0. The van der Waals surface area contributed by atoms with Crippen LogP contribution in [0.4, 0.5) is 0 Å². The molecule has 1 aliphatic rings. The van der Waals surface area contributed by atoms with Gasteiger partial charge in [0.05, 0.1) is 0 Å². The van der Waals surface area contributed by atoms with Gasteiger partial charge in [-0.3, -0.25) is 4.79 Å². The van der Waals surface area contributed by atoms with Crippen molar-refractivity contribution in [2.24, 2.45) is 5.92 Å². The largest absolute Gasteiger partial charge is 0.480 e. The van der Waals surface area contributed by atoms with Crippen molar-refractivity contribution in [3.05, 3.63) is 0 Å². The summed E-state index contributed by atoms with van der Waals surface area (Å²) in [6.07, 6.45) is 2.59. The maximum Gasteiger partial charge on any atom is 0.319 e. The van der Waals surface area contributed by atoms with Gasteiger partial charge < -0.3 is 5.11 Å². The Bertz CT molecular complexity index is 161. The van der Waals surface area contributed by atoms with Gasteiger partial charge in [-0.2, -0.15) is 0 Å². The zero-order valence-corrected chi connectivity index (χ0v) is 7.78. The van der Waals surface area contributed by atoms with E-state index in [9.17, 15) is 4.79 Å². The van der Waals surface area contributed by atoms with Gasteiger partial charge in [0, 0.05) is 0 Å². The smallest absolute Gasteiger partial charge is 0.319 e. The van der Waals surface area contributed by atoms with Crippen LogP contribution < -0.4 is 0 Å². The van der Waals surface area contributed by atoms with E-state index in [-0.39, 0.29) is 0 Å². The topological polar surface area (TPSA) is 37.3 Å². The van der Waals surface area contributed by atoms with Crippen LogP contribution in [0, 0.1) is 5.92 Å². The van der Waals surface area contributed by atoms with E-state index in [0.29, 0.717) is 0 Å². The van der Waals surface area contributed by atoms with Crippen LogP contribution in [0.15, 0.2) is 0 Å². The number of hydrogen-bond acceptors (Lipinski definition) is 2. The number of carboxylic acid groups (broad SMARTS) is 1. The van der Waals surface area contributed by atoms with E-state index in [4.69, 9.17) is 5.11 Å². The summed E-state index contributed by atoms with van der Waals surface area (Å²) in [6, 6.07) is 0. The number of carbonyl (C=O) groups is 1. The normalized spacial score (nSPS) is 18.4. The lowest BCUT2D eigenvalue weighted by molar-refractivity contribution is -0.138. The molecule has 0 aromatic carbocycles. The number of rotatable bonds is 4. The fraction of sp³-hybridized carbons (Fsp3) is 0.875. The van der Waals surface area contributed by atoms with Crippen LogP contribution in [-0.2, 0) is 4.79 Å².